The number of benzene rings is 2. The predicted octanol–water partition coefficient (Wildman–Crippen LogP) is 4.58. The number of imidazole rings is 1. The van der Waals surface area contributed by atoms with Crippen molar-refractivity contribution >= 4 is 35.8 Å². The molecular weight excluding hydrogens is 400 g/mol. The molecule has 0 saturated carbocycles. The van der Waals surface area contributed by atoms with Gasteiger partial charge in [-0.1, -0.05) is 24.3 Å². The van der Waals surface area contributed by atoms with Crippen molar-refractivity contribution in [3.05, 3.63) is 54.6 Å². The van der Waals surface area contributed by atoms with Crippen LogP contribution < -0.4 is 5.32 Å². The normalized spacial score (nSPS) is 19.1. The zero-order valence-corrected chi connectivity index (χ0v) is 17.2. The zero-order chi connectivity index (χ0) is 17.9. The minimum absolute atomic E-state index is 0. The quantitative estimate of drug-likeness (QED) is 0.628. The van der Waals surface area contributed by atoms with Gasteiger partial charge in [0.2, 0.25) is 0 Å². The number of aromatic nitrogens is 2. The Morgan fingerprint density at radius 1 is 1.18 bits per heavy atom. The Morgan fingerprint density at radius 2 is 2.00 bits per heavy atom. The van der Waals surface area contributed by atoms with Crippen LogP contribution in [0.15, 0.2) is 48.8 Å². The van der Waals surface area contributed by atoms with Crippen LogP contribution in [0.3, 0.4) is 0 Å². The predicted molar refractivity (Wildman–Crippen MR) is 116 cm³/mol. The van der Waals surface area contributed by atoms with E-state index >= 15 is 0 Å². The number of aliphatic hydroxyl groups is 1. The highest BCUT2D eigenvalue weighted by Crippen LogP contribution is 2.29. The smallest absolute Gasteiger partial charge is 0.123 e. The van der Waals surface area contributed by atoms with Crippen LogP contribution in [-0.2, 0) is 6.54 Å². The van der Waals surface area contributed by atoms with E-state index in [-0.39, 0.29) is 42.8 Å². The second-order valence-corrected chi connectivity index (χ2v) is 7.03. The minimum Gasteiger partial charge on any atom is -0.392 e. The lowest BCUT2D eigenvalue weighted by Crippen LogP contribution is -2.44. The molecule has 1 aromatic heterocycles. The van der Waals surface area contributed by atoms with Gasteiger partial charge in [-0.3, -0.25) is 0 Å². The van der Waals surface area contributed by atoms with Gasteiger partial charge < -0.3 is 15.0 Å². The van der Waals surface area contributed by atoms with Crippen LogP contribution in [0.1, 0.15) is 25.7 Å². The van der Waals surface area contributed by atoms with Crippen molar-refractivity contribution in [1.29, 1.82) is 0 Å². The number of aryl methyl sites for hydroxylation is 1. The minimum atomic E-state index is -0.244. The van der Waals surface area contributed by atoms with Crippen molar-refractivity contribution in [2.24, 2.45) is 0 Å². The molecule has 152 valence electrons. The summed E-state index contributed by atoms with van der Waals surface area (Å²) in [6.07, 6.45) is 5.43. The third-order valence-corrected chi connectivity index (χ3v) is 5.24. The number of para-hydroxylation sites is 1. The molecule has 2 N–H and O–H groups in total. The molecule has 0 aliphatic carbocycles. The monoisotopic (exact) mass is 425 g/mol. The SMILES string of the molecule is Cl.Cl.O[C@H]1CCCN[C@@H]1CCCn1cnc2cccc(-c3cccc(F)c3)c21. The first-order chi connectivity index (χ1) is 12.7. The van der Waals surface area contributed by atoms with E-state index in [1.54, 1.807) is 12.1 Å². The van der Waals surface area contributed by atoms with Crippen LogP contribution in [0.4, 0.5) is 4.39 Å². The van der Waals surface area contributed by atoms with E-state index < -0.39 is 0 Å². The number of aliphatic hydroxyl groups excluding tert-OH is 1. The van der Waals surface area contributed by atoms with Crippen molar-refractivity contribution in [2.75, 3.05) is 6.54 Å². The lowest BCUT2D eigenvalue weighted by molar-refractivity contribution is 0.0909. The maximum absolute atomic E-state index is 13.7. The van der Waals surface area contributed by atoms with Crippen molar-refractivity contribution in [3.8, 4) is 11.1 Å². The Bertz CT molecular complexity index is 902. The number of nitrogens with zero attached hydrogens (tertiary/aromatic N) is 2. The van der Waals surface area contributed by atoms with E-state index in [9.17, 15) is 9.50 Å². The van der Waals surface area contributed by atoms with Gasteiger partial charge in [-0.15, -0.1) is 24.8 Å². The molecule has 4 nitrogen and oxygen atoms in total. The maximum Gasteiger partial charge on any atom is 0.123 e. The van der Waals surface area contributed by atoms with E-state index in [4.69, 9.17) is 0 Å². The molecule has 28 heavy (non-hydrogen) atoms. The van der Waals surface area contributed by atoms with Gasteiger partial charge in [-0.05, 0) is 56.0 Å². The average Bonchev–Trinajstić information content (AvgIpc) is 3.07. The van der Waals surface area contributed by atoms with E-state index in [0.717, 1.165) is 60.9 Å². The molecule has 1 fully saturated rings. The second kappa shape index (κ2) is 10.2. The zero-order valence-electron chi connectivity index (χ0n) is 15.6. The van der Waals surface area contributed by atoms with Crippen LogP contribution in [-0.4, -0.2) is 33.3 Å². The summed E-state index contributed by atoms with van der Waals surface area (Å²) in [5.41, 5.74) is 3.81. The fourth-order valence-electron chi connectivity index (χ4n) is 3.90. The standard InChI is InChI=1S/C21H24FN3O.2ClH/c22-16-6-1-5-15(13-16)17-7-2-8-19-21(17)25(14-24-19)12-4-9-18-20(26)10-3-11-23-18;;/h1-2,5-8,13-14,18,20,23,26H,3-4,9-12H2;2*1H/t18-,20+;;/m1../s1. The van der Waals surface area contributed by atoms with E-state index in [1.807, 2.05) is 30.6 Å². The molecule has 2 atom stereocenters. The van der Waals surface area contributed by atoms with E-state index in [0.29, 0.717) is 0 Å². The van der Waals surface area contributed by atoms with Crippen LogP contribution in [0.5, 0.6) is 0 Å². The number of fused-ring (bicyclic) bond motifs is 1. The van der Waals surface area contributed by atoms with Crippen molar-refractivity contribution in [1.82, 2.24) is 14.9 Å². The summed E-state index contributed by atoms with van der Waals surface area (Å²) in [7, 11) is 0. The fraction of sp³-hybridized carbons (Fsp3) is 0.381. The van der Waals surface area contributed by atoms with Gasteiger partial charge in [0.25, 0.3) is 0 Å². The Kier molecular flexibility index (Phi) is 8.25. The highest BCUT2D eigenvalue weighted by atomic mass is 35.5. The molecule has 0 amide bonds. The summed E-state index contributed by atoms with van der Waals surface area (Å²) in [5.74, 6) is -0.233. The molecule has 3 aromatic rings. The molecule has 7 heteroatoms. The van der Waals surface area contributed by atoms with Crippen LogP contribution >= 0.6 is 24.8 Å². The van der Waals surface area contributed by atoms with Gasteiger partial charge in [0.15, 0.2) is 0 Å². The third-order valence-electron chi connectivity index (χ3n) is 5.24. The first-order valence-corrected chi connectivity index (χ1v) is 9.33. The molecule has 2 heterocycles. The van der Waals surface area contributed by atoms with Crippen LogP contribution in [0.2, 0.25) is 0 Å². The third kappa shape index (κ3) is 4.84. The Hall–Kier alpha value is -1.66. The summed E-state index contributed by atoms with van der Waals surface area (Å²) in [6, 6.07) is 12.8. The van der Waals surface area contributed by atoms with Crippen LogP contribution in [0, 0.1) is 5.82 Å². The summed E-state index contributed by atoms with van der Waals surface area (Å²) in [4.78, 5) is 4.51. The van der Waals surface area contributed by atoms with Crippen molar-refractivity contribution in [2.45, 2.75) is 44.4 Å². The lowest BCUT2D eigenvalue weighted by atomic mass is 9.97. The van der Waals surface area contributed by atoms with Gasteiger partial charge >= 0.3 is 0 Å². The number of hydrogen-bond donors (Lipinski definition) is 2. The number of rotatable bonds is 5. The second-order valence-electron chi connectivity index (χ2n) is 7.03. The number of hydrogen-bond acceptors (Lipinski definition) is 3. The summed E-state index contributed by atoms with van der Waals surface area (Å²) in [5, 5.41) is 13.5. The molecule has 0 bridgehead atoms. The summed E-state index contributed by atoms with van der Waals surface area (Å²) in [6.45, 7) is 1.81. The first kappa shape index (κ1) is 22.6. The highest BCUT2D eigenvalue weighted by molar-refractivity contribution is 5.92. The molecule has 0 spiro atoms. The average molecular weight is 426 g/mol. The lowest BCUT2D eigenvalue weighted by Gasteiger charge is -2.29. The van der Waals surface area contributed by atoms with E-state index in [2.05, 4.69) is 14.9 Å². The number of piperidine rings is 1. The van der Waals surface area contributed by atoms with Gasteiger partial charge in [-0.2, -0.15) is 0 Å². The first-order valence-electron chi connectivity index (χ1n) is 9.33. The molecular formula is C21H26Cl2FN3O. The van der Waals surface area contributed by atoms with Gasteiger partial charge in [0.1, 0.15) is 5.82 Å². The van der Waals surface area contributed by atoms with Gasteiger partial charge in [-0.25, -0.2) is 9.37 Å². The van der Waals surface area contributed by atoms with Gasteiger partial charge in [0.05, 0.1) is 23.5 Å². The van der Waals surface area contributed by atoms with Crippen LogP contribution in [0.25, 0.3) is 22.2 Å². The van der Waals surface area contributed by atoms with Gasteiger partial charge in [0, 0.05) is 18.2 Å². The molecule has 1 saturated heterocycles. The van der Waals surface area contributed by atoms with Crippen molar-refractivity contribution < 1.29 is 9.50 Å². The molecule has 2 aromatic carbocycles. The van der Waals surface area contributed by atoms with Crippen molar-refractivity contribution in [3.63, 3.8) is 0 Å². The molecule has 1 aliphatic rings. The molecule has 0 radical (unpaired) electrons. The topological polar surface area (TPSA) is 50.1 Å². The molecule has 4 rings (SSSR count). The summed E-state index contributed by atoms with van der Waals surface area (Å²) < 4.78 is 15.8. The fourth-order valence-corrected chi connectivity index (χ4v) is 3.90. The maximum atomic E-state index is 13.7. The molecule has 0 unspecified atom stereocenters. The number of nitrogens with one attached hydrogen (secondary N) is 1. The number of halogens is 3. The Morgan fingerprint density at radius 3 is 2.79 bits per heavy atom. The summed E-state index contributed by atoms with van der Waals surface area (Å²) >= 11 is 0. The Balaban J connectivity index is 0.00000140. The highest BCUT2D eigenvalue weighted by Gasteiger charge is 2.21. The Labute approximate surface area is 177 Å². The molecule has 1 aliphatic heterocycles. The van der Waals surface area contributed by atoms with E-state index in [1.165, 1.54) is 6.07 Å². The largest absolute Gasteiger partial charge is 0.392 e.